The summed E-state index contributed by atoms with van der Waals surface area (Å²) in [6.45, 7) is 2.97. The van der Waals surface area contributed by atoms with E-state index in [-0.39, 0.29) is 11.7 Å². The first kappa shape index (κ1) is 17.5. The second kappa shape index (κ2) is 6.54. The molecule has 0 fully saturated rings. The first-order chi connectivity index (χ1) is 12.3. The lowest BCUT2D eigenvalue weighted by atomic mass is 9.96. The number of rotatable bonds is 4. The number of amidine groups is 1. The zero-order valence-corrected chi connectivity index (χ0v) is 14.8. The maximum absolute atomic E-state index is 12.9. The lowest BCUT2D eigenvalue weighted by Gasteiger charge is -2.28. The Labute approximate surface area is 148 Å². The summed E-state index contributed by atoms with van der Waals surface area (Å²) in [5.41, 5.74) is 0.680. The Morgan fingerprint density at radius 1 is 1.42 bits per heavy atom. The van der Waals surface area contributed by atoms with E-state index >= 15 is 0 Å². The minimum atomic E-state index is -0.866. The van der Waals surface area contributed by atoms with Crippen LogP contribution in [0.3, 0.4) is 0 Å². The summed E-state index contributed by atoms with van der Waals surface area (Å²) in [4.78, 5) is 42.7. The predicted molar refractivity (Wildman–Crippen MR) is 89.9 cm³/mol. The van der Waals surface area contributed by atoms with Crippen LogP contribution in [0.5, 0.6) is 0 Å². The molecule has 0 saturated carbocycles. The summed E-state index contributed by atoms with van der Waals surface area (Å²) in [6.07, 6.45) is 1.54. The van der Waals surface area contributed by atoms with Crippen molar-refractivity contribution in [1.29, 1.82) is 0 Å². The lowest BCUT2D eigenvalue weighted by Crippen LogP contribution is -2.56. The van der Waals surface area contributed by atoms with Crippen LogP contribution in [-0.4, -0.2) is 65.2 Å². The molecule has 1 unspecified atom stereocenters. The average molecular weight is 360 g/mol. The van der Waals surface area contributed by atoms with Gasteiger partial charge in [0, 0.05) is 11.6 Å². The molecule has 0 bridgehead atoms. The third kappa shape index (κ3) is 2.89. The minimum absolute atomic E-state index is 0.209. The number of aliphatic imine (C=N–C) groups is 1. The van der Waals surface area contributed by atoms with Crippen molar-refractivity contribution >= 4 is 35.7 Å². The highest BCUT2D eigenvalue weighted by molar-refractivity contribution is 6.17. The van der Waals surface area contributed by atoms with Gasteiger partial charge < -0.3 is 14.6 Å². The maximum atomic E-state index is 12.9. The number of hydrogen-bond donors (Lipinski definition) is 1. The number of dihydropyridines is 1. The van der Waals surface area contributed by atoms with Crippen LogP contribution in [0, 0.1) is 12.8 Å². The molecule has 1 N–H and O–H groups in total. The molecule has 2 aliphatic rings. The van der Waals surface area contributed by atoms with Gasteiger partial charge in [0.2, 0.25) is 0 Å². The Hall–Kier alpha value is -3.30. The number of urea groups is 1. The number of nitrogens with zero attached hydrogens (tertiary/aromatic N) is 4. The highest BCUT2D eigenvalue weighted by Gasteiger charge is 2.50. The van der Waals surface area contributed by atoms with E-state index in [4.69, 9.17) is 9.26 Å². The van der Waals surface area contributed by atoms with E-state index in [2.05, 4.69) is 15.5 Å². The number of ether oxygens (including phenoxy) is 1. The molecule has 1 aromatic rings. The molecule has 0 spiro atoms. The summed E-state index contributed by atoms with van der Waals surface area (Å²) < 4.78 is 11.4. The normalized spacial score (nSPS) is 19.8. The largest absolute Gasteiger partial charge is 0.499 e. The Bertz CT molecular complexity index is 895. The summed E-state index contributed by atoms with van der Waals surface area (Å²) in [5, 5.41) is 6.13. The van der Waals surface area contributed by atoms with Crippen molar-refractivity contribution in [3.8, 4) is 0 Å². The van der Waals surface area contributed by atoms with Gasteiger partial charge in [-0.3, -0.25) is 9.59 Å². The number of allylic oxidation sites excluding steroid dienone is 1. The molecule has 136 valence electrons. The van der Waals surface area contributed by atoms with E-state index < -0.39 is 30.3 Å². The number of imide groups is 1. The third-order valence-electron chi connectivity index (χ3n) is 4.09. The molecule has 0 aliphatic carbocycles. The Balaban J connectivity index is 1.86. The molecule has 1 atom stereocenters. The van der Waals surface area contributed by atoms with Gasteiger partial charge >= 0.3 is 11.9 Å². The van der Waals surface area contributed by atoms with Gasteiger partial charge in [-0.15, -0.1) is 4.99 Å². The fourth-order valence-corrected chi connectivity index (χ4v) is 2.85. The molecule has 3 heterocycles. The fourth-order valence-electron chi connectivity index (χ4n) is 2.85. The molecule has 26 heavy (non-hydrogen) atoms. The van der Waals surface area contributed by atoms with E-state index in [0.29, 0.717) is 17.1 Å². The van der Waals surface area contributed by atoms with E-state index in [0.717, 1.165) is 4.90 Å². The molecule has 10 heteroatoms. The van der Waals surface area contributed by atoms with Crippen molar-refractivity contribution in [3.63, 3.8) is 0 Å². The summed E-state index contributed by atoms with van der Waals surface area (Å²) >= 11 is 0. The van der Waals surface area contributed by atoms with Gasteiger partial charge in [-0.1, -0.05) is 5.16 Å². The Morgan fingerprint density at radius 2 is 2.15 bits per heavy atom. The number of amides is 4. The van der Waals surface area contributed by atoms with Crippen molar-refractivity contribution in [2.45, 2.75) is 13.8 Å². The van der Waals surface area contributed by atoms with E-state index in [1.54, 1.807) is 13.8 Å². The van der Waals surface area contributed by atoms with Gasteiger partial charge in [-0.2, -0.15) is 9.48 Å². The number of methoxy groups -OCH3 is 1. The van der Waals surface area contributed by atoms with Crippen LogP contribution < -0.4 is 5.32 Å². The van der Waals surface area contributed by atoms with Gasteiger partial charge in [-0.05, 0) is 13.8 Å². The molecule has 3 rings (SSSR count). The van der Waals surface area contributed by atoms with Gasteiger partial charge in [0.25, 0.3) is 11.7 Å². The smallest absolute Gasteiger partial charge is 0.446 e. The zero-order chi connectivity index (χ0) is 19.0. The standard InChI is InChI=1S/C16H17N5O5/c1-8-6-17-14-12(13(8)25-4)15(23)21(16(24)20(14)3)7-11(22)18-10-5-9(2)26-19-10/h5-6,12H,7H2,1-4H3/p+1. The van der Waals surface area contributed by atoms with Crippen LogP contribution in [-0.2, 0) is 14.3 Å². The van der Waals surface area contributed by atoms with Crippen LogP contribution in [0.25, 0.3) is 0 Å². The van der Waals surface area contributed by atoms with Gasteiger partial charge in [0.1, 0.15) is 17.7 Å². The molecular weight excluding hydrogens is 342 g/mol. The topological polar surface area (TPSA) is 117 Å². The van der Waals surface area contributed by atoms with Gasteiger partial charge in [0.05, 0.1) is 14.2 Å². The third-order valence-corrected chi connectivity index (χ3v) is 4.09. The van der Waals surface area contributed by atoms with Crippen LogP contribution in [0.4, 0.5) is 10.6 Å². The number of hydrogen-bond acceptors (Lipinski definition) is 7. The maximum Gasteiger partial charge on any atom is 0.446 e. The highest BCUT2D eigenvalue weighted by Crippen LogP contribution is 2.27. The Morgan fingerprint density at radius 3 is 2.77 bits per heavy atom. The summed E-state index contributed by atoms with van der Waals surface area (Å²) in [5.74, 6) is -0.605. The van der Waals surface area contributed by atoms with Crippen molar-refractivity contribution in [2.75, 3.05) is 26.0 Å². The van der Waals surface area contributed by atoms with Crippen molar-refractivity contribution in [2.24, 2.45) is 10.9 Å². The predicted octanol–water partition coefficient (Wildman–Crippen LogP) is 0.546. The van der Waals surface area contributed by atoms with Crippen LogP contribution in [0.1, 0.15) is 12.7 Å². The van der Waals surface area contributed by atoms with Gasteiger partial charge in [-0.25, -0.2) is 4.79 Å². The first-order valence-electron chi connectivity index (χ1n) is 7.81. The molecule has 4 amide bonds. The number of carbonyl (C=O) groups is 3. The van der Waals surface area contributed by atoms with Crippen molar-refractivity contribution in [3.05, 3.63) is 23.2 Å². The first-order valence-corrected chi connectivity index (χ1v) is 7.81. The summed E-state index contributed by atoms with van der Waals surface area (Å²) in [6, 6.07) is 0.890. The van der Waals surface area contributed by atoms with Crippen molar-refractivity contribution in [1.82, 2.24) is 10.1 Å². The lowest BCUT2D eigenvalue weighted by molar-refractivity contribution is -0.408. The van der Waals surface area contributed by atoms with E-state index in [1.807, 2.05) is 0 Å². The van der Waals surface area contributed by atoms with Crippen molar-refractivity contribution < 1.29 is 28.2 Å². The average Bonchev–Trinajstić information content (AvgIpc) is 3.01. The van der Waals surface area contributed by atoms with Crippen LogP contribution in [0.15, 0.2) is 26.9 Å². The number of fused-ring (bicyclic) bond motifs is 1. The fraction of sp³-hybridized carbons (Fsp3) is 0.375. The SMILES string of the molecule is COC1=C(C)C=NC2=[N+](C)C(=O)N(CC(=O)Nc3cc(C)on3)C(=O)C12. The molecule has 10 nitrogen and oxygen atoms in total. The van der Waals surface area contributed by atoms with Gasteiger partial charge in [0.15, 0.2) is 18.3 Å². The number of carbonyl (C=O) groups excluding carboxylic acids is 3. The second-order valence-corrected chi connectivity index (χ2v) is 5.94. The molecule has 0 saturated heterocycles. The molecule has 0 aromatic carbocycles. The second-order valence-electron chi connectivity index (χ2n) is 5.94. The highest BCUT2D eigenvalue weighted by atomic mass is 16.5. The molecular formula is C16H18N5O5+. The quantitative estimate of drug-likeness (QED) is 0.784. The van der Waals surface area contributed by atoms with E-state index in [9.17, 15) is 14.4 Å². The van der Waals surface area contributed by atoms with Crippen LogP contribution in [0.2, 0.25) is 0 Å². The summed E-state index contributed by atoms with van der Waals surface area (Å²) in [7, 11) is 2.94. The number of anilines is 1. The minimum Gasteiger partial charge on any atom is -0.499 e. The molecule has 0 radical (unpaired) electrons. The van der Waals surface area contributed by atoms with E-state index in [1.165, 1.54) is 31.0 Å². The zero-order valence-electron chi connectivity index (χ0n) is 14.8. The molecule has 2 aliphatic heterocycles. The Kier molecular flexibility index (Phi) is 4.41. The molecule has 1 aromatic heterocycles. The number of aromatic nitrogens is 1. The number of nitrogens with one attached hydrogen (secondary N) is 1. The number of aryl methyl sites for hydroxylation is 1. The monoisotopic (exact) mass is 360 g/mol. The van der Waals surface area contributed by atoms with Crippen LogP contribution >= 0.6 is 0 Å².